The quantitative estimate of drug-likeness (QED) is 0.750. The Kier molecular flexibility index (Phi) is 2.05. The maximum absolute atomic E-state index is 11.9. The smallest absolute Gasteiger partial charge is 0.232 e. The molecule has 1 saturated carbocycles. The molecule has 86 valence electrons. The predicted octanol–water partition coefficient (Wildman–Crippen LogP) is 2.10. The Balaban J connectivity index is 2.19. The van der Waals surface area contributed by atoms with Crippen LogP contribution in [0.1, 0.15) is 30.7 Å². The van der Waals surface area contributed by atoms with Gasteiger partial charge in [0.15, 0.2) is 0 Å². The van der Waals surface area contributed by atoms with Crippen molar-refractivity contribution in [3.8, 4) is 0 Å². The van der Waals surface area contributed by atoms with E-state index in [1.807, 2.05) is 18.2 Å². The largest absolute Gasteiger partial charge is 0.267 e. The fourth-order valence-corrected chi connectivity index (χ4v) is 4.46. The molecule has 0 aromatic heterocycles. The summed E-state index contributed by atoms with van der Waals surface area (Å²) in [6.45, 7) is 0. The normalized spacial score (nSPS) is 27.9. The van der Waals surface area contributed by atoms with E-state index in [0.717, 1.165) is 24.9 Å². The van der Waals surface area contributed by atoms with E-state index < -0.39 is 10.0 Å². The SMILES string of the molecule is CS(=O)(=O)N1c2ccccc2[C@@H]2CCC[C@@H]21. The van der Waals surface area contributed by atoms with Crippen LogP contribution in [0.2, 0.25) is 0 Å². The lowest BCUT2D eigenvalue weighted by Crippen LogP contribution is -2.36. The Morgan fingerprint density at radius 1 is 1.25 bits per heavy atom. The van der Waals surface area contributed by atoms with Gasteiger partial charge in [-0.3, -0.25) is 4.31 Å². The van der Waals surface area contributed by atoms with Crippen LogP contribution in [-0.4, -0.2) is 20.7 Å². The Morgan fingerprint density at radius 2 is 2.00 bits per heavy atom. The molecule has 1 heterocycles. The summed E-state index contributed by atoms with van der Waals surface area (Å²) >= 11 is 0. The summed E-state index contributed by atoms with van der Waals surface area (Å²) in [6, 6.07) is 8.09. The van der Waals surface area contributed by atoms with Crippen LogP contribution < -0.4 is 4.31 Å². The fraction of sp³-hybridized carbons (Fsp3) is 0.500. The van der Waals surface area contributed by atoms with Gasteiger partial charge < -0.3 is 0 Å². The van der Waals surface area contributed by atoms with Crippen LogP contribution in [0.4, 0.5) is 5.69 Å². The van der Waals surface area contributed by atoms with E-state index in [0.29, 0.717) is 5.92 Å². The van der Waals surface area contributed by atoms with Crippen molar-refractivity contribution in [1.82, 2.24) is 0 Å². The summed E-state index contributed by atoms with van der Waals surface area (Å²) in [7, 11) is -3.14. The van der Waals surface area contributed by atoms with Gasteiger partial charge in [-0.15, -0.1) is 0 Å². The number of nitrogens with zero attached hydrogens (tertiary/aromatic N) is 1. The van der Waals surface area contributed by atoms with E-state index in [-0.39, 0.29) is 6.04 Å². The molecule has 2 atom stereocenters. The van der Waals surface area contributed by atoms with E-state index in [9.17, 15) is 8.42 Å². The number of sulfonamides is 1. The van der Waals surface area contributed by atoms with Gasteiger partial charge in [0.25, 0.3) is 0 Å². The molecular weight excluding hydrogens is 222 g/mol. The van der Waals surface area contributed by atoms with Gasteiger partial charge in [0.1, 0.15) is 0 Å². The number of para-hydroxylation sites is 1. The molecule has 16 heavy (non-hydrogen) atoms. The molecule has 1 aromatic carbocycles. The topological polar surface area (TPSA) is 37.4 Å². The summed E-state index contributed by atoms with van der Waals surface area (Å²) in [5.41, 5.74) is 2.12. The minimum atomic E-state index is -3.14. The Labute approximate surface area is 96.1 Å². The van der Waals surface area contributed by atoms with Gasteiger partial charge in [0.05, 0.1) is 18.0 Å². The molecule has 0 unspecified atom stereocenters. The zero-order valence-corrected chi connectivity index (χ0v) is 10.1. The first-order valence-electron chi connectivity index (χ1n) is 5.67. The van der Waals surface area contributed by atoms with Crippen LogP contribution in [0.3, 0.4) is 0 Å². The molecule has 0 N–H and O–H groups in total. The maximum atomic E-state index is 11.9. The highest BCUT2D eigenvalue weighted by Gasteiger charge is 2.44. The summed E-state index contributed by atoms with van der Waals surface area (Å²) in [6.07, 6.45) is 4.56. The van der Waals surface area contributed by atoms with Crippen molar-refractivity contribution >= 4 is 15.7 Å². The summed E-state index contributed by atoms with van der Waals surface area (Å²) in [5, 5.41) is 0. The van der Waals surface area contributed by atoms with Crippen LogP contribution in [0.5, 0.6) is 0 Å². The van der Waals surface area contributed by atoms with Crippen LogP contribution in [0.15, 0.2) is 24.3 Å². The second-order valence-corrected chi connectivity index (χ2v) is 6.58. The predicted molar refractivity (Wildman–Crippen MR) is 64.1 cm³/mol. The van der Waals surface area contributed by atoms with Gasteiger partial charge >= 0.3 is 0 Å². The van der Waals surface area contributed by atoms with Crippen molar-refractivity contribution in [2.75, 3.05) is 10.6 Å². The lowest BCUT2D eigenvalue weighted by atomic mass is 9.98. The molecule has 0 bridgehead atoms. The van der Waals surface area contributed by atoms with Gasteiger partial charge in [0.2, 0.25) is 10.0 Å². The van der Waals surface area contributed by atoms with Crippen molar-refractivity contribution in [3.05, 3.63) is 29.8 Å². The van der Waals surface area contributed by atoms with Crippen molar-refractivity contribution in [2.24, 2.45) is 0 Å². The van der Waals surface area contributed by atoms with Crippen molar-refractivity contribution in [1.29, 1.82) is 0 Å². The first-order valence-corrected chi connectivity index (χ1v) is 7.52. The molecule has 1 aromatic rings. The molecule has 0 amide bonds. The molecule has 1 aliphatic heterocycles. The Morgan fingerprint density at radius 3 is 2.75 bits per heavy atom. The average molecular weight is 237 g/mol. The molecular formula is C12H15NO2S. The molecule has 3 rings (SSSR count). The number of hydrogen-bond donors (Lipinski definition) is 0. The summed E-state index contributed by atoms with van der Waals surface area (Å²) < 4.78 is 25.4. The first kappa shape index (κ1) is 10.1. The monoisotopic (exact) mass is 237 g/mol. The highest BCUT2D eigenvalue weighted by Crippen LogP contribution is 2.49. The molecule has 0 spiro atoms. The Bertz CT molecular complexity index is 524. The fourth-order valence-electron chi connectivity index (χ4n) is 3.19. The highest BCUT2D eigenvalue weighted by molar-refractivity contribution is 7.92. The summed E-state index contributed by atoms with van der Waals surface area (Å²) in [4.78, 5) is 0. The number of hydrogen-bond acceptors (Lipinski definition) is 2. The second-order valence-electron chi connectivity index (χ2n) is 4.72. The lowest BCUT2D eigenvalue weighted by Gasteiger charge is -2.24. The Hall–Kier alpha value is -1.03. The standard InChI is InChI=1S/C12H15NO2S/c1-16(14,15)13-11-7-3-2-5-9(11)10-6-4-8-12(10)13/h2-3,5,7,10,12H,4,6,8H2,1H3/t10-,12-/m0/s1. The summed E-state index contributed by atoms with van der Waals surface area (Å²) in [5.74, 6) is 0.422. The minimum Gasteiger partial charge on any atom is -0.267 e. The lowest BCUT2D eigenvalue weighted by molar-refractivity contribution is 0.577. The van der Waals surface area contributed by atoms with Crippen LogP contribution in [0, 0.1) is 0 Å². The van der Waals surface area contributed by atoms with E-state index in [1.54, 1.807) is 4.31 Å². The zero-order chi connectivity index (χ0) is 11.3. The molecule has 2 aliphatic rings. The molecule has 1 aliphatic carbocycles. The molecule has 0 saturated heterocycles. The molecule has 3 nitrogen and oxygen atoms in total. The minimum absolute atomic E-state index is 0.174. The molecule has 4 heteroatoms. The van der Waals surface area contributed by atoms with Gasteiger partial charge in [-0.2, -0.15) is 0 Å². The highest BCUT2D eigenvalue weighted by atomic mass is 32.2. The van der Waals surface area contributed by atoms with Gasteiger partial charge in [0, 0.05) is 5.92 Å². The first-order chi connectivity index (χ1) is 7.59. The third kappa shape index (κ3) is 1.29. The van der Waals surface area contributed by atoms with E-state index in [1.165, 1.54) is 11.8 Å². The van der Waals surface area contributed by atoms with Crippen molar-refractivity contribution in [2.45, 2.75) is 31.2 Å². The zero-order valence-electron chi connectivity index (χ0n) is 9.26. The number of benzene rings is 1. The van der Waals surface area contributed by atoms with E-state index in [4.69, 9.17) is 0 Å². The van der Waals surface area contributed by atoms with Gasteiger partial charge in [-0.25, -0.2) is 8.42 Å². The molecule has 1 fully saturated rings. The van der Waals surface area contributed by atoms with Crippen LogP contribution in [-0.2, 0) is 10.0 Å². The van der Waals surface area contributed by atoms with E-state index in [2.05, 4.69) is 6.07 Å². The number of anilines is 1. The third-order valence-corrected chi connectivity index (χ3v) is 4.89. The maximum Gasteiger partial charge on any atom is 0.232 e. The van der Waals surface area contributed by atoms with Crippen molar-refractivity contribution in [3.63, 3.8) is 0 Å². The number of rotatable bonds is 1. The number of fused-ring (bicyclic) bond motifs is 3. The van der Waals surface area contributed by atoms with Gasteiger partial charge in [-0.1, -0.05) is 24.6 Å². The van der Waals surface area contributed by atoms with Gasteiger partial charge in [-0.05, 0) is 24.5 Å². The third-order valence-electron chi connectivity index (χ3n) is 3.71. The average Bonchev–Trinajstić information content (AvgIpc) is 2.73. The van der Waals surface area contributed by atoms with Crippen LogP contribution in [0.25, 0.3) is 0 Å². The second kappa shape index (κ2) is 3.23. The van der Waals surface area contributed by atoms with E-state index >= 15 is 0 Å². The molecule has 0 radical (unpaired) electrons. The van der Waals surface area contributed by atoms with Crippen molar-refractivity contribution < 1.29 is 8.42 Å². The van der Waals surface area contributed by atoms with Crippen LogP contribution >= 0.6 is 0 Å².